The number of nitrogens with one attached hydrogen (secondary N) is 1. The Hall–Kier alpha value is -3.40. The summed E-state index contributed by atoms with van der Waals surface area (Å²) in [5.74, 6) is 3.66. The first-order valence-corrected chi connectivity index (χ1v) is 10.4. The predicted octanol–water partition coefficient (Wildman–Crippen LogP) is 3.64. The van der Waals surface area contributed by atoms with Crippen LogP contribution in [0, 0.1) is 0 Å². The average Bonchev–Trinajstić information content (AvgIpc) is 3.27. The summed E-state index contributed by atoms with van der Waals surface area (Å²) in [7, 11) is 6.23. The van der Waals surface area contributed by atoms with E-state index in [0.717, 1.165) is 5.56 Å². The van der Waals surface area contributed by atoms with Crippen LogP contribution in [0.25, 0.3) is 11.4 Å². The molecule has 0 unspecified atom stereocenters. The van der Waals surface area contributed by atoms with Gasteiger partial charge in [-0.3, -0.25) is 4.79 Å². The molecular weight excluding hydrogens is 422 g/mol. The summed E-state index contributed by atoms with van der Waals surface area (Å²) in [6.07, 6.45) is 0. The Kier molecular flexibility index (Phi) is 7.60. The number of carbonyl (C=O) groups excluding carboxylic acids is 1. The number of ether oxygens (including phenoxy) is 4. The number of hydrogen-bond acceptors (Lipinski definition) is 9. The fourth-order valence-corrected chi connectivity index (χ4v) is 3.40. The van der Waals surface area contributed by atoms with Gasteiger partial charge < -0.3 is 28.8 Å². The second-order valence-electron chi connectivity index (χ2n) is 6.19. The number of benzene rings is 2. The van der Waals surface area contributed by atoms with Gasteiger partial charge >= 0.3 is 0 Å². The Balaban J connectivity index is 1.54. The lowest BCUT2D eigenvalue weighted by molar-refractivity contribution is -0.113. The zero-order valence-electron chi connectivity index (χ0n) is 17.6. The molecule has 1 aromatic heterocycles. The minimum absolute atomic E-state index is 0.156. The van der Waals surface area contributed by atoms with Gasteiger partial charge in [0.25, 0.3) is 0 Å². The molecule has 0 aliphatic rings. The Morgan fingerprint density at radius 1 is 0.935 bits per heavy atom. The number of anilines is 1. The van der Waals surface area contributed by atoms with Crippen molar-refractivity contribution in [2.24, 2.45) is 0 Å². The molecule has 31 heavy (non-hydrogen) atoms. The number of carbonyl (C=O) groups is 1. The van der Waals surface area contributed by atoms with Crippen molar-refractivity contribution in [1.82, 2.24) is 10.1 Å². The third-order valence-electron chi connectivity index (χ3n) is 4.24. The molecule has 0 saturated carbocycles. The van der Waals surface area contributed by atoms with Gasteiger partial charge in [0.2, 0.25) is 17.6 Å². The molecule has 9 nitrogen and oxygen atoms in total. The second kappa shape index (κ2) is 10.6. The Morgan fingerprint density at radius 3 is 2.26 bits per heavy atom. The monoisotopic (exact) mass is 445 g/mol. The van der Waals surface area contributed by atoms with Crippen molar-refractivity contribution in [2.45, 2.75) is 5.75 Å². The van der Waals surface area contributed by atoms with Crippen molar-refractivity contribution in [2.75, 3.05) is 39.5 Å². The van der Waals surface area contributed by atoms with E-state index in [4.69, 9.17) is 23.5 Å². The summed E-state index contributed by atoms with van der Waals surface area (Å²) >= 11 is 1.36. The molecule has 0 saturated heterocycles. The van der Waals surface area contributed by atoms with Crippen molar-refractivity contribution in [3.8, 4) is 34.4 Å². The summed E-state index contributed by atoms with van der Waals surface area (Å²) in [6, 6.07) is 10.6. The van der Waals surface area contributed by atoms with Gasteiger partial charge in [0.1, 0.15) is 0 Å². The number of nitrogens with zero attached hydrogens (tertiary/aromatic N) is 2. The van der Waals surface area contributed by atoms with Gasteiger partial charge in [-0.05, 0) is 30.3 Å². The van der Waals surface area contributed by atoms with Crippen LogP contribution in [0.15, 0.2) is 40.9 Å². The molecule has 0 fully saturated rings. The summed E-state index contributed by atoms with van der Waals surface area (Å²) < 4.78 is 26.2. The van der Waals surface area contributed by atoms with Crippen molar-refractivity contribution in [3.05, 3.63) is 42.3 Å². The van der Waals surface area contributed by atoms with Gasteiger partial charge in [-0.25, -0.2) is 0 Å². The highest BCUT2D eigenvalue weighted by Crippen LogP contribution is 2.32. The third-order valence-corrected chi connectivity index (χ3v) is 5.15. The minimum Gasteiger partial charge on any atom is -0.493 e. The van der Waals surface area contributed by atoms with Crippen LogP contribution in [0.5, 0.6) is 23.0 Å². The quantitative estimate of drug-likeness (QED) is 0.501. The van der Waals surface area contributed by atoms with E-state index in [1.54, 1.807) is 58.8 Å². The van der Waals surface area contributed by atoms with E-state index in [0.29, 0.717) is 46.2 Å². The highest BCUT2D eigenvalue weighted by atomic mass is 32.2. The number of rotatable bonds is 10. The maximum absolute atomic E-state index is 12.2. The van der Waals surface area contributed by atoms with E-state index in [1.807, 2.05) is 6.07 Å². The number of aromatic nitrogens is 2. The largest absolute Gasteiger partial charge is 0.493 e. The first kappa shape index (κ1) is 22.3. The second-order valence-corrected chi connectivity index (χ2v) is 7.18. The molecule has 3 rings (SSSR count). The molecule has 1 heterocycles. The molecule has 1 amide bonds. The van der Waals surface area contributed by atoms with Crippen molar-refractivity contribution in [1.29, 1.82) is 0 Å². The number of amides is 1. The average molecular weight is 445 g/mol. The van der Waals surface area contributed by atoms with Crippen LogP contribution in [-0.2, 0) is 10.5 Å². The molecule has 0 spiro atoms. The fraction of sp³-hybridized carbons (Fsp3) is 0.286. The molecule has 3 aromatic rings. The smallest absolute Gasteiger partial charge is 0.236 e. The standard InChI is InChI=1S/C21H23N3O6S/c1-26-15-7-5-13(9-17(15)28-3)21-23-20(30-24-21)12-31-11-19(25)22-14-6-8-16(27-2)18(10-14)29-4/h5-10H,11-12H2,1-4H3,(H,22,25). The van der Waals surface area contributed by atoms with Gasteiger partial charge in [0.15, 0.2) is 23.0 Å². The predicted molar refractivity (Wildman–Crippen MR) is 117 cm³/mol. The van der Waals surface area contributed by atoms with Crippen LogP contribution in [0.1, 0.15) is 5.89 Å². The third kappa shape index (κ3) is 5.60. The van der Waals surface area contributed by atoms with Crippen LogP contribution in [0.2, 0.25) is 0 Å². The van der Waals surface area contributed by atoms with Crippen LogP contribution >= 0.6 is 11.8 Å². The van der Waals surface area contributed by atoms with E-state index in [2.05, 4.69) is 15.5 Å². The van der Waals surface area contributed by atoms with Crippen LogP contribution in [0.4, 0.5) is 5.69 Å². The van der Waals surface area contributed by atoms with Gasteiger partial charge in [-0.2, -0.15) is 4.98 Å². The zero-order chi connectivity index (χ0) is 22.2. The topological polar surface area (TPSA) is 105 Å². The maximum Gasteiger partial charge on any atom is 0.236 e. The normalized spacial score (nSPS) is 10.5. The molecule has 0 atom stereocenters. The highest BCUT2D eigenvalue weighted by molar-refractivity contribution is 7.99. The van der Waals surface area contributed by atoms with E-state index < -0.39 is 0 Å². The van der Waals surface area contributed by atoms with E-state index in [9.17, 15) is 4.79 Å². The van der Waals surface area contributed by atoms with Gasteiger partial charge in [-0.1, -0.05) is 5.16 Å². The maximum atomic E-state index is 12.2. The summed E-state index contributed by atoms with van der Waals surface area (Å²) in [6.45, 7) is 0. The van der Waals surface area contributed by atoms with Gasteiger partial charge in [-0.15, -0.1) is 11.8 Å². The Morgan fingerprint density at radius 2 is 1.58 bits per heavy atom. The summed E-state index contributed by atoms with van der Waals surface area (Å²) in [5, 5.41) is 6.82. The molecule has 0 bridgehead atoms. The zero-order valence-corrected chi connectivity index (χ0v) is 18.4. The fourth-order valence-electron chi connectivity index (χ4n) is 2.75. The Bertz CT molecular complexity index is 1040. The lowest BCUT2D eigenvalue weighted by atomic mass is 10.2. The van der Waals surface area contributed by atoms with Crippen molar-refractivity contribution in [3.63, 3.8) is 0 Å². The molecule has 10 heteroatoms. The van der Waals surface area contributed by atoms with Crippen LogP contribution in [-0.4, -0.2) is 50.2 Å². The van der Waals surface area contributed by atoms with Crippen LogP contribution < -0.4 is 24.3 Å². The van der Waals surface area contributed by atoms with Crippen molar-refractivity contribution < 1.29 is 28.3 Å². The molecule has 0 aliphatic carbocycles. The first-order chi connectivity index (χ1) is 15.1. The SMILES string of the molecule is COc1ccc(NC(=O)CSCc2nc(-c3ccc(OC)c(OC)c3)no2)cc1OC. The molecule has 0 aliphatic heterocycles. The molecular formula is C21H23N3O6S. The van der Waals surface area contributed by atoms with E-state index >= 15 is 0 Å². The first-order valence-electron chi connectivity index (χ1n) is 9.22. The molecule has 2 aromatic carbocycles. The summed E-state index contributed by atoms with van der Waals surface area (Å²) in [4.78, 5) is 16.6. The molecule has 0 radical (unpaired) electrons. The minimum atomic E-state index is -0.156. The number of methoxy groups -OCH3 is 4. The Labute approximate surface area is 184 Å². The lowest BCUT2D eigenvalue weighted by Crippen LogP contribution is -2.14. The molecule has 164 valence electrons. The van der Waals surface area contributed by atoms with E-state index in [-0.39, 0.29) is 11.7 Å². The summed E-state index contributed by atoms with van der Waals surface area (Å²) in [5.41, 5.74) is 1.36. The highest BCUT2D eigenvalue weighted by Gasteiger charge is 2.13. The van der Waals surface area contributed by atoms with E-state index in [1.165, 1.54) is 11.8 Å². The van der Waals surface area contributed by atoms with Crippen LogP contribution in [0.3, 0.4) is 0 Å². The van der Waals surface area contributed by atoms with Gasteiger partial charge in [0, 0.05) is 17.3 Å². The van der Waals surface area contributed by atoms with Gasteiger partial charge in [0.05, 0.1) is 39.9 Å². The number of thioether (sulfide) groups is 1. The molecule has 1 N–H and O–H groups in total. The lowest BCUT2D eigenvalue weighted by Gasteiger charge is -2.10. The van der Waals surface area contributed by atoms with Crippen molar-refractivity contribution >= 4 is 23.4 Å². The number of hydrogen-bond donors (Lipinski definition) is 1.